The molecule has 0 bridgehead atoms. The fraction of sp³-hybridized carbons (Fsp3) is 0.125. The van der Waals surface area contributed by atoms with Gasteiger partial charge in [-0.1, -0.05) is 0 Å². The standard InChI is InChI=1S/C16H13NO7/c1-23-15(19)13-11(7-8-12(18)14(13)16(20)24-2)9-3-5-10(6-4-9)17(21)22/h3-8,18H,1-2H3. The molecule has 0 saturated carbocycles. The molecule has 1 N–H and O–H groups in total. The number of methoxy groups -OCH3 is 2. The number of carbonyl (C=O) groups excluding carboxylic acids is 2. The van der Waals surface area contributed by atoms with E-state index in [0.29, 0.717) is 5.56 Å². The van der Waals surface area contributed by atoms with Crippen molar-refractivity contribution in [2.75, 3.05) is 14.2 Å². The summed E-state index contributed by atoms with van der Waals surface area (Å²) in [4.78, 5) is 34.2. The highest BCUT2D eigenvalue weighted by Gasteiger charge is 2.26. The van der Waals surface area contributed by atoms with Gasteiger partial charge in [-0.05, 0) is 35.4 Å². The molecule has 0 amide bonds. The second-order valence-electron chi connectivity index (χ2n) is 4.67. The van der Waals surface area contributed by atoms with Crippen LogP contribution in [0.3, 0.4) is 0 Å². The predicted octanol–water partition coefficient (Wildman–Crippen LogP) is 2.54. The summed E-state index contributed by atoms with van der Waals surface area (Å²) in [7, 11) is 2.24. The molecule has 8 heteroatoms. The fourth-order valence-corrected chi connectivity index (χ4v) is 2.22. The van der Waals surface area contributed by atoms with E-state index in [1.54, 1.807) is 0 Å². The third kappa shape index (κ3) is 3.02. The minimum absolute atomic E-state index is 0.120. The highest BCUT2D eigenvalue weighted by atomic mass is 16.6. The van der Waals surface area contributed by atoms with E-state index in [9.17, 15) is 24.8 Å². The molecule has 0 saturated heterocycles. The number of rotatable bonds is 4. The molecule has 8 nitrogen and oxygen atoms in total. The number of aromatic hydroxyl groups is 1. The topological polar surface area (TPSA) is 116 Å². The number of phenolic OH excluding ortho intramolecular Hbond substituents is 1. The summed E-state index contributed by atoms with van der Waals surface area (Å²) in [6.07, 6.45) is 0. The first-order chi connectivity index (χ1) is 11.4. The number of ether oxygens (including phenoxy) is 2. The van der Waals surface area contributed by atoms with Crippen molar-refractivity contribution in [2.24, 2.45) is 0 Å². The lowest BCUT2D eigenvalue weighted by molar-refractivity contribution is -0.384. The Morgan fingerprint density at radius 3 is 2.00 bits per heavy atom. The van der Waals surface area contributed by atoms with Crippen molar-refractivity contribution in [3.63, 3.8) is 0 Å². The van der Waals surface area contributed by atoms with Gasteiger partial charge in [-0.15, -0.1) is 0 Å². The summed E-state index contributed by atoms with van der Waals surface area (Å²) in [6, 6.07) is 8.03. The van der Waals surface area contributed by atoms with Gasteiger partial charge in [0.1, 0.15) is 11.3 Å². The molecular weight excluding hydrogens is 318 g/mol. The van der Waals surface area contributed by atoms with E-state index in [4.69, 9.17) is 0 Å². The number of phenols is 1. The zero-order chi connectivity index (χ0) is 17.9. The van der Waals surface area contributed by atoms with Crippen molar-refractivity contribution in [3.8, 4) is 16.9 Å². The van der Waals surface area contributed by atoms with Crippen LogP contribution in [0, 0.1) is 10.1 Å². The Bertz CT molecular complexity index is 812. The van der Waals surface area contributed by atoms with Crippen LogP contribution in [0.4, 0.5) is 5.69 Å². The molecule has 0 aliphatic heterocycles. The summed E-state index contributed by atoms with van der Waals surface area (Å²) in [5, 5.41) is 20.7. The number of hydrogen-bond donors (Lipinski definition) is 1. The van der Waals surface area contributed by atoms with Gasteiger partial charge in [0.2, 0.25) is 0 Å². The van der Waals surface area contributed by atoms with Crippen molar-refractivity contribution in [1.82, 2.24) is 0 Å². The maximum absolute atomic E-state index is 12.1. The number of benzene rings is 2. The molecule has 0 unspecified atom stereocenters. The van der Waals surface area contributed by atoms with Crippen LogP contribution in [0.2, 0.25) is 0 Å². The lowest BCUT2D eigenvalue weighted by Gasteiger charge is -2.13. The summed E-state index contributed by atoms with van der Waals surface area (Å²) >= 11 is 0. The first-order valence-electron chi connectivity index (χ1n) is 6.68. The van der Waals surface area contributed by atoms with Gasteiger partial charge >= 0.3 is 11.9 Å². The third-order valence-corrected chi connectivity index (χ3v) is 3.35. The maximum atomic E-state index is 12.1. The Balaban J connectivity index is 2.71. The minimum Gasteiger partial charge on any atom is -0.507 e. The van der Waals surface area contributed by atoms with Crippen molar-refractivity contribution < 1.29 is 29.1 Å². The summed E-state index contributed by atoms with van der Waals surface area (Å²) < 4.78 is 9.28. The fourth-order valence-electron chi connectivity index (χ4n) is 2.22. The first-order valence-corrected chi connectivity index (χ1v) is 6.68. The second-order valence-corrected chi connectivity index (χ2v) is 4.67. The highest BCUT2D eigenvalue weighted by molar-refractivity contribution is 6.09. The van der Waals surface area contributed by atoms with E-state index in [0.717, 1.165) is 14.2 Å². The van der Waals surface area contributed by atoms with Gasteiger partial charge < -0.3 is 14.6 Å². The van der Waals surface area contributed by atoms with Gasteiger partial charge in [-0.3, -0.25) is 10.1 Å². The van der Waals surface area contributed by atoms with Crippen LogP contribution in [0.5, 0.6) is 5.75 Å². The Labute approximate surface area is 136 Å². The molecule has 0 radical (unpaired) electrons. The Hall–Kier alpha value is -3.42. The number of esters is 2. The van der Waals surface area contributed by atoms with E-state index in [2.05, 4.69) is 9.47 Å². The van der Waals surface area contributed by atoms with E-state index in [-0.39, 0.29) is 22.4 Å². The molecule has 0 fully saturated rings. The third-order valence-electron chi connectivity index (χ3n) is 3.35. The zero-order valence-electron chi connectivity index (χ0n) is 12.8. The molecule has 124 valence electrons. The Morgan fingerprint density at radius 1 is 0.958 bits per heavy atom. The van der Waals surface area contributed by atoms with E-state index in [1.807, 2.05) is 0 Å². The Morgan fingerprint density at radius 2 is 1.50 bits per heavy atom. The van der Waals surface area contributed by atoms with Gasteiger partial charge in [0.15, 0.2) is 0 Å². The van der Waals surface area contributed by atoms with Crippen molar-refractivity contribution >= 4 is 17.6 Å². The molecule has 0 heterocycles. The number of nitro benzene ring substituents is 1. The van der Waals surface area contributed by atoms with Crippen LogP contribution in [0.1, 0.15) is 20.7 Å². The number of hydrogen-bond acceptors (Lipinski definition) is 7. The molecule has 0 aliphatic rings. The number of nitro groups is 1. The summed E-state index contributed by atoms with van der Waals surface area (Å²) in [5.41, 5.74) is 0.0739. The number of non-ortho nitro benzene ring substituents is 1. The van der Waals surface area contributed by atoms with E-state index >= 15 is 0 Å². The SMILES string of the molecule is COC(=O)c1c(O)ccc(-c2ccc([N+](=O)[O-])cc2)c1C(=O)OC. The van der Waals surface area contributed by atoms with Crippen LogP contribution < -0.4 is 0 Å². The molecule has 0 spiro atoms. The monoisotopic (exact) mass is 331 g/mol. The van der Waals surface area contributed by atoms with Crippen LogP contribution in [-0.2, 0) is 9.47 Å². The average Bonchev–Trinajstić information content (AvgIpc) is 2.60. The smallest absolute Gasteiger partial charge is 0.342 e. The van der Waals surface area contributed by atoms with Crippen LogP contribution >= 0.6 is 0 Å². The minimum atomic E-state index is -0.906. The maximum Gasteiger partial charge on any atom is 0.342 e. The molecular formula is C16H13NO7. The van der Waals surface area contributed by atoms with E-state index < -0.39 is 22.6 Å². The molecule has 0 aliphatic carbocycles. The lowest BCUT2D eigenvalue weighted by atomic mass is 9.94. The van der Waals surface area contributed by atoms with Crippen LogP contribution in [-0.4, -0.2) is 36.2 Å². The molecule has 24 heavy (non-hydrogen) atoms. The van der Waals surface area contributed by atoms with Crippen LogP contribution in [0.15, 0.2) is 36.4 Å². The van der Waals surface area contributed by atoms with Gasteiger partial charge in [-0.2, -0.15) is 0 Å². The van der Waals surface area contributed by atoms with Crippen LogP contribution in [0.25, 0.3) is 11.1 Å². The van der Waals surface area contributed by atoms with E-state index in [1.165, 1.54) is 36.4 Å². The predicted molar refractivity (Wildman–Crippen MR) is 82.9 cm³/mol. The second kappa shape index (κ2) is 6.78. The van der Waals surface area contributed by atoms with Crippen molar-refractivity contribution in [2.45, 2.75) is 0 Å². The molecule has 2 aromatic carbocycles. The largest absolute Gasteiger partial charge is 0.507 e. The normalized spacial score (nSPS) is 10.1. The van der Waals surface area contributed by atoms with Gasteiger partial charge in [-0.25, -0.2) is 9.59 Å². The molecule has 2 aromatic rings. The first kappa shape index (κ1) is 16.9. The molecule has 0 aromatic heterocycles. The molecule has 0 atom stereocenters. The van der Waals surface area contributed by atoms with Crippen molar-refractivity contribution in [3.05, 3.63) is 57.6 Å². The average molecular weight is 331 g/mol. The molecule has 2 rings (SSSR count). The number of carbonyl (C=O) groups is 2. The van der Waals surface area contributed by atoms with Gasteiger partial charge in [0, 0.05) is 12.1 Å². The van der Waals surface area contributed by atoms with Crippen molar-refractivity contribution in [1.29, 1.82) is 0 Å². The summed E-state index contributed by atoms with van der Waals surface area (Å²) in [6.45, 7) is 0. The highest BCUT2D eigenvalue weighted by Crippen LogP contribution is 2.33. The lowest BCUT2D eigenvalue weighted by Crippen LogP contribution is -2.13. The number of nitrogens with zero attached hydrogens (tertiary/aromatic N) is 1. The van der Waals surface area contributed by atoms with Gasteiger partial charge in [0.25, 0.3) is 5.69 Å². The van der Waals surface area contributed by atoms with Gasteiger partial charge in [0.05, 0.1) is 24.7 Å². The zero-order valence-corrected chi connectivity index (χ0v) is 12.8. The Kier molecular flexibility index (Phi) is 4.78. The summed E-state index contributed by atoms with van der Waals surface area (Å²) in [5.74, 6) is -2.19. The quantitative estimate of drug-likeness (QED) is 0.520.